The molecule has 1 fully saturated rings. The van der Waals surface area contributed by atoms with E-state index in [4.69, 9.17) is 4.74 Å². The Hall–Kier alpha value is -2.73. The molecule has 0 saturated carbocycles. The molecular formula is C25H29N3O2. The molecule has 3 aromatic rings. The molecule has 0 radical (unpaired) electrons. The summed E-state index contributed by atoms with van der Waals surface area (Å²) in [7, 11) is 0. The van der Waals surface area contributed by atoms with Gasteiger partial charge in [0.05, 0.1) is 6.04 Å². The summed E-state index contributed by atoms with van der Waals surface area (Å²) in [6.07, 6.45) is 1.16. The van der Waals surface area contributed by atoms with Crippen molar-refractivity contribution in [3.05, 3.63) is 96.2 Å². The van der Waals surface area contributed by atoms with Crippen molar-refractivity contribution in [3.8, 4) is 5.88 Å². The fraction of sp³-hybridized carbons (Fsp3) is 0.320. The predicted molar refractivity (Wildman–Crippen MR) is 118 cm³/mol. The number of aliphatic hydroxyl groups excluding tert-OH is 1. The van der Waals surface area contributed by atoms with Gasteiger partial charge in [-0.15, -0.1) is 0 Å². The molecule has 0 bridgehead atoms. The van der Waals surface area contributed by atoms with E-state index in [-0.39, 0.29) is 12.6 Å². The van der Waals surface area contributed by atoms with E-state index in [9.17, 15) is 5.11 Å². The lowest BCUT2D eigenvalue weighted by Crippen LogP contribution is -2.50. The van der Waals surface area contributed by atoms with Crippen molar-refractivity contribution in [3.63, 3.8) is 0 Å². The summed E-state index contributed by atoms with van der Waals surface area (Å²) in [4.78, 5) is 8.99. The largest absolute Gasteiger partial charge is 0.475 e. The first kappa shape index (κ1) is 20.5. The second kappa shape index (κ2) is 10.3. The van der Waals surface area contributed by atoms with Crippen LogP contribution in [0.5, 0.6) is 5.88 Å². The average molecular weight is 404 g/mol. The number of pyridine rings is 1. The van der Waals surface area contributed by atoms with Gasteiger partial charge in [-0.05, 0) is 17.2 Å². The molecule has 1 saturated heterocycles. The van der Waals surface area contributed by atoms with Crippen LogP contribution >= 0.6 is 0 Å². The first-order chi connectivity index (χ1) is 14.8. The van der Waals surface area contributed by atoms with Crippen molar-refractivity contribution in [2.45, 2.75) is 12.1 Å². The molecule has 5 nitrogen and oxygen atoms in total. The van der Waals surface area contributed by atoms with Crippen molar-refractivity contribution < 1.29 is 9.84 Å². The summed E-state index contributed by atoms with van der Waals surface area (Å²) in [5.41, 5.74) is 2.64. The van der Waals surface area contributed by atoms with E-state index >= 15 is 0 Å². The van der Waals surface area contributed by atoms with Crippen LogP contribution in [-0.4, -0.2) is 65.3 Å². The third-order valence-electron chi connectivity index (χ3n) is 5.53. The number of aliphatic hydroxyl groups is 1. The van der Waals surface area contributed by atoms with E-state index < -0.39 is 6.10 Å². The second-order valence-electron chi connectivity index (χ2n) is 7.69. The van der Waals surface area contributed by atoms with E-state index in [1.54, 1.807) is 12.3 Å². The third-order valence-corrected chi connectivity index (χ3v) is 5.53. The fourth-order valence-corrected chi connectivity index (χ4v) is 4.05. The molecule has 5 heteroatoms. The topological polar surface area (TPSA) is 48.8 Å². The van der Waals surface area contributed by atoms with Crippen molar-refractivity contribution in [1.82, 2.24) is 14.8 Å². The minimum Gasteiger partial charge on any atom is -0.475 e. The van der Waals surface area contributed by atoms with E-state index in [0.29, 0.717) is 12.4 Å². The van der Waals surface area contributed by atoms with Gasteiger partial charge < -0.3 is 9.84 Å². The highest BCUT2D eigenvalue weighted by Crippen LogP contribution is 2.29. The molecule has 1 N–H and O–H groups in total. The molecule has 1 unspecified atom stereocenters. The molecule has 0 spiro atoms. The van der Waals surface area contributed by atoms with Gasteiger partial charge in [-0.3, -0.25) is 9.80 Å². The number of β-amino-alcohol motifs (C(OH)–C–C–N with tert-alkyl or cyclic N) is 1. The Morgan fingerprint density at radius 3 is 1.97 bits per heavy atom. The number of rotatable bonds is 8. The lowest BCUT2D eigenvalue weighted by molar-refractivity contribution is 0.0391. The summed E-state index contributed by atoms with van der Waals surface area (Å²) < 4.78 is 5.59. The van der Waals surface area contributed by atoms with Gasteiger partial charge in [-0.2, -0.15) is 0 Å². The van der Waals surface area contributed by atoms with Gasteiger partial charge in [0.1, 0.15) is 12.7 Å². The van der Waals surface area contributed by atoms with E-state index in [2.05, 4.69) is 75.4 Å². The third kappa shape index (κ3) is 5.45. The summed E-state index contributed by atoms with van der Waals surface area (Å²) in [6, 6.07) is 27.2. The number of ether oxygens (including phenoxy) is 1. The first-order valence-electron chi connectivity index (χ1n) is 10.6. The molecule has 1 aromatic heterocycles. The summed E-state index contributed by atoms with van der Waals surface area (Å²) in [5, 5.41) is 10.4. The minimum atomic E-state index is -0.530. The van der Waals surface area contributed by atoms with Gasteiger partial charge >= 0.3 is 0 Å². The van der Waals surface area contributed by atoms with Gasteiger partial charge in [0.25, 0.3) is 0 Å². The average Bonchev–Trinajstić information content (AvgIpc) is 2.81. The van der Waals surface area contributed by atoms with Crippen molar-refractivity contribution in [2.24, 2.45) is 0 Å². The number of hydrogen-bond donors (Lipinski definition) is 1. The monoisotopic (exact) mass is 403 g/mol. The Morgan fingerprint density at radius 1 is 0.800 bits per heavy atom. The van der Waals surface area contributed by atoms with Gasteiger partial charge in [-0.25, -0.2) is 4.98 Å². The Morgan fingerprint density at radius 2 is 1.40 bits per heavy atom. The zero-order valence-corrected chi connectivity index (χ0v) is 17.2. The van der Waals surface area contributed by atoms with Crippen LogP contribution in [0.4, 0.5) is 0 Å². The SMILES string of the molecule is OC(COc1ccccn1)CN1CCN(C(c2ccccc2)c2ccccc2)CC1. The van der Waals surface area contributed by atoms with Crippen LogP contribution in [0.25, 0.3) is 0 Å². The van der Waals surface area contributed by atoms with Crippen LogP contribution in [0, 0.1) is 0 Å². The van der Waals surface area contributed by atoms with Crippen LogP contribution in [0.1, 0.15) is 17.2 Å². The Bertz CT molecular complexity index is 829. The van der Waals surface area contributed by atoms with E-state index in [0.717, 1.165) is 26.2 Å². The standard InChI is InChI=1S/C25H29N3O2/c29-23(20-30-24-13-7-8-14-26-24)19-27-15-17-28(18-16-27)25(21-9-3-1-4-10-21)22-11-5-2-6-12-22/h1-14,23,25,29H,15-20H2. The van der Waals surface area contributed by atoms with Gasteiger partial charge in [0, 0.05) is 45.0 Å². The molecule has 1 aliphatic heterocycles. The fourth-order valence-electron chi connectivity index (χ4n) is 4.05. The van der Waals surface area contributed by atoms with Gasteiger partial charge in [0.2, 0.25) is 5.88 Å². The van der Waals surface area contributed by atoms with Crippen LogP contribution in [0.15, 0.2) is 85.1 Å². The summed E-state index contributed by atoms with van der Waals surface area (Å²) in [5.74, 6) is 0.551. The number of piperazine rings is 1. The van der Waals surface area contributed by atoms with Gasteiger partial charge in [-0.1, -0.05) is 66.7 Å². The van der Waals surface area contributed by atoms with Crippen molar-refractivity contribution >= 4 is 0 Å². The minimum absolute atomic E-state index is 0.256. The molecule has 2 heterocycles. The van der Waals surface area contributed by atoms with E-state index in [1.165, 1.54) is 11.1 Å². The molecule has 30 heavy (non-hydrogen) atoms. The normalized spacial score (nSPS) is 16.5. The zero-order chi connectivity index (χ0) is 20.6. The second-order valence-corrected chi connectivity index (χ2v) is 7.69. The number of aromatic nitrogens is 1. The maximum Gasteiger partial charge on any atom is 0.213 e. The lowest BCUT2D eigenvalue weighted by atomic mass is 9.96. The van der Waals surface area contributed by atoms with Gasteiger partial charge in [0.15, 0.2) is 0 Å². The van der Waals surface area contributed by atoms with Crippen LogP contribution in [0.3, 0.4) is 0 Å². The van der Waals surface area contributed by atoms with Crippen molar-refractivity contribution in [1.29, 1.82) is 0 Å². The molecule has 4 rings (SSSR count). The highest BCUT2D eigenvalue weighted by atomic mass is 16.5. The summed E-state index contributed by atoms with van der Waals surface area (Å²) >= 11 is 0. The first-order valence-corrected chi connectivity index (χ1v) is 10.6. The number of benzene rings is 2. The molecule has 2 aromatic carbocycles. The summed E-state index contributed by atoms with van der Waals surface area (Å²) in [6.45, 7) is 4.65. The predicted octanol–water partition coefficient (Wildman–Crippen LogP) is 3.23. The Labute approximate surface area is 178 Å². The smallest absolute Gasteiger partial charge is 0.213 e. The van der Waals surface area contributed by atoms with Crippen LogP contribution in [-0.2, 0) is 0 Å². The maximum atomic E-state index is 10.4. The van der Waals surface area contributed by atoms with E-state index in [1.807, 2.05) is 12.1 Å². The van der Waals surface area contributed by atoms with Crippen LogP contribution < -0.4 is 4.74 Å². The number of nitrogens with zero attached hydrogens (tertiary/aromatic N) is 3. The lowest BCUT2D eigenvalue weighted by Gasteiger charge is -2.40. The molecular weight excluding hydrogens is 374 g/mol. The molecule has 0 amide bonds. The Balaban J connectivity index is 1.33. The maximum absolute atomic E-state index is 10.4. The van der Waals surface area contributed by atoms with Crippen LogP contribution in [0.2, 0.25) is 0 Å². The highest BCUT2D eigenvalue weighted by Gasteiger charge is 2.27. The highest BCUT2D eigenvalue weighted by molar-refractivity contribution is 5.32. The molecule has 0 aliphatic carbocycles. The molecule has 1 aliphatic rings. The quantitative estimate of drug-likeness (QED) is 0.626. The van der Waals surface area contributed by atoms with Crippen molar-refractivity contribution in [2.75, 3.05) is 39.3 Å². The molecule has 156 valence electrons. The Kier molecular flexibility index (Phi) is 7.08. The zero-order valence-electron chi connectivity index (χ0n) is 17.2. The number of hydrogen-bond acceptors (Lipinski definition) is 5. The molecule has 1 atom stereocenters.